The molecule has 0 aromatic heterocycles. The minimum Gasteiger partial charge on any atom is -0.481 e. The molecule has 7 nitrogen and oxygen atoms in total. The summed E-state index contributed by atoms with van der Waals surface area (Å²) in [6.07, 6.45) is 2.71. The highest BCUT2D eigenvalue weighted by atomic mass is 16.5. The zero-order chi connectivity index (χ0) is 25.0. The molecule has 2 aliphatic rings. The third-order valence-corrected chi connectivity index (χ3v) is 7.69. The fourth-order valence-electron chi connectivity index (χ4n) is 5.50. The van der Waals surface area contributed by atoms with Gasteiger partial charge in [-0.05, 0) is 54.4 Å². The fourth-order valence-corrected chi connectivity index (χ4v) is 5.50. The van der Waals surface area contributed by atoms with Gasteiger partial charge in [0.05, 0.1) is 5.92 Å². The van der Waals surface area contributed by atoms with Gasteiger partial charge in [-0.25, -0.2) is 4.79 Å². The standard InChI is InChI=1S/C28H34N2O5/c1-3-28(4-2,26(33)29-19-11-9-10-18(16-19)25(31)32)30-27(34)35-17-24-22-14-7-5-12-20(22)21-13-6-8-15-23(21)24/h5-8,12-15,18-19,24H,3-4,9-11,16-17H2,1-2H3,(H,29,33)(H,30,34)(H,31,32)/t18-,19+/m0/s1. The Balaban J connectivity index is 1.41. The SMILES string of the molecule is CCC(CC)(NC(=O)OCC1c2ccccc2-c2ccccc21)C(=O)N[C@@H]1CCC[C@H](C(=O)O)C1. The van der Waals surface area contributed by atoms with Crippen molar-refractivity contribution in [1.82, 2.24) is 10.6 Å². The lowest BCUT2D eigenvalue weighted by Gasteiger charge is -2.35. The molecule has 2 amide bonds. The van der Waals surface area contributed by atoms with Crippen LogP contribution >= 0.6 is 0 Å². The molecule has 2 aliphatic carbocycles. The maximum atomic E-state index is 13.3. The first-order valence-electron chi connectivity index (χ1n) is 12.6. The van der Waals surface area contributed by atoms with Crippen LogP contribution in [0.15, 0.2) is 48.5 Å². The Labute approximate surface area is 206 Å². The van der Waals surface area contributed by atoms with Crippen molar-refractivity contribution in [1.29, 1.82) is 0 Å². The minimum absolute atomic E-state index is 0.0604. The molecular formula is C28H34N2O5. The van der Waals surface area contributed by atoms with Crippen LogP contribution < -0.4 is 10.6 Å². The molecule has 0 unspecified atom stereocenters. The number of alkyl carbamates (subject to hydrolysis) is 1. The van der Waals surface area contributed by atoms with Crippen molar-refractivity contribution in [3.05, 3.63) is 59.7 Å². The molecule has 4 rings (SSSR count). The summed E-state index contributed by atoms with van der Waals surface area (Å²) in [5.41, 5.74) is 3.45. The molecule has 0 radical (unpaired) electrons. The molecule has 0 heterocycles. The van der Waals surface area contributed by atoms with Crippen molar-refractivity contribution in [3.8, 4) is 11.1 Å². The average molecular weight is 479 g/mol. The lowest BCUT2D eigenvalue weighted by Crippen LogP contribution is -2.60. The van der Waals surface area contributed by atoms with Crippen molar-refractivity contribution in [2.45, 2.75) is 69.9 Å². The summed E-state index contributed by atoms with van der Waals surface area (Å²) in [7, 11) is 0. The molecule has 3 N–H and O–H groups in total. The van der Waals surface area contributed by atoms with Crippen molar-refractivity contribution < 1.29 is 24.2 Å². The smallest absolute Gasteiger partial charge is 0.408 e. The topological polar surface area (TPSA) is 105 Å². The molecule has 186 valence electrons. The Morgan fingerprint density at radius 2 is 1.57 bits per heavy atom. The first-order valence-corrected chi connectivity index (χ1v) is 12.6. The summed E-state index contributed by atoms with van der Waals surface area (Å²) in [4.78, 5) is 37.6. The number of fused-ring (bicyclic) bond motifs is 3. The van der Waals surface area contributed by atoms with Crippen LogP contribution in [0.4, 0.5) is 4.79 Å². The van der Waals surface area contributed by atoms with E-state index in [0.717, 1.165) is 35.1 Å². The quantitative estimate of drug-likeness (QED) is 0.503. The van der Waals surface area contributed by atoms with Gasteiger partial charge in [0.25, 0.3) is 0 Å². The normalized spacial score (nSPS) is 19.4. The van der Waals surface area contributed by atoms with E-state index in [9.17, 15) is 19.5 Å². The molecule has 1 saturated carbocycles. The summed E-state index contributed by atoms with van der Waals surface area (Å²) < 4.78 is 5.68. The number of hydrogen-bond donors (Lipinski definition) is 3. The Morgan fingerprint density at radius 3 is 2.14 bits per heavy atom. The number of rotatable bonds is 8. The number of nitrogens with one attached hydrogen (secondary N) is 2. The van der Waals surface area contributed by atoms with Crippen LogP contribution in [0.25, 0.3) is 11.1 Å². The Bertz CT molecular complexity index is 1050. The molecule has 35 heavy (non-hydrogen) atoms. The second-order valence-corrected chi connectivity index (χ2v) is 9.61. The Hall–Kier alpha value is -3.35. The van der Waals surface area contributed by atoms with E-state index in [2.05, 4.69) is 34.9 Å². The number of ether oxygens (including phenoxy) is 1. The maximum Gasteiger partial charge on any atom is 0.408 e. The van der Waals surface area contributed by atoms with Crippen LogP contribution in [0.1, 0.15) is 69.4 Å². The lowest BCUT2D eigenvalue weighted by molar-refractivity contribution is -0.143. The van der Waals surface area contributed by atoms with Gasteiger partial charge in [0.2, 0.25) is 5.91 Å². The first kappa shape index (κ1) is 24.8. The highest BCUT2D eigenvalue weighted by Gasteiger charge is 2.39. The molecule has 2 atom stereocenters. The van der Waals surface area contributed by atoms with Crippen molar-refractivity contribution in [2.75, 3.05) is 6.61 Å². The first-order chi connectivity index (χ1) is 16.9. The average Bonchev–Trinajstić information content (AvgIpc) is 3.20. The van der Waals surface area contributed by atoms with E-state index < -0.39 is 23.5 Å². The maximum absolute atomic E-state index is 13.3. The van der Waals surface area contributed by atoms with E-state index in [-0.39, 0.29) is 24.5 Å². The van der Waals surface area contributed by atoms with E-state index in [0.29, 0.717) is 25.7 Å². The van der Waals surface area contributed by atoms with Crippen molar-refractivity contribution in [3.63, 3.8) is 0 Å². The van der Waals surface area contributed by atoms with E-state index in [4.69, 9.17) is 4.74 Å². The van der Waals surface area contributed by atoms with Crippen molar-refractivity contribution in [2.24, 2.45) is 5.92 Å². The Kier molecular flexibility index (Phi) is 7.43. The fraction of sp³-hybridized carbons (Fsp3) is 0.464. The zero-order valence-corrected chi connectivity index (χ0v) is 20.4. The van der Waals surface area contributed by atoms with Gasteiger partial charge >= 0.3 is 12.1 Å². The third kappa shape index (κ3) is 5.04. The van der Waals surface area contributed by atoms with E-state index in [1.165, 1.54) is 0 Å². The summed E-state index contributed by atoms with van der Waals surface area (Å²) in [5.74, 6) is -1.61. The largest absolute Gasteiger partial charge is 0.481 e. The third-order valence-electron chi connectivity index (χ3n) is 7.69. The van der Waals surface area contributed by atoms with Crippen LogP contribution in [-0.4, -0.2) is 41.3 Å². The van der Waals surface area contributed by atoms with E-state index >= 15 is 0 Å². The molecule has 0 bridgehead atoms. The van der Waals surface area contributed by atoms with Crippen LogP contribution in [-0.2, 0) is 14.3 Å². The van der Waals surface area contributed by atoms with Gasteiger partial charge in [-0.1, -0.05) is 68.8 Å². The zero-order valence-electron chi connectivity index (χ0n) is 20.4. The molecule has 2 aromatic rings. The number of hydrogen-bond acceptors (Lipinski definition) is 4. The van der Waals surface area contributed by atoms with Gasteiger partial charge in [-0.2, -0.15) is 0 Å². The number of amides is 2. The summed E-state index contributed by atoms with van der Waals surface area (Å²) in [5, 5.41) is 15.2. The molecule has 2 aromatic carbocycles. The van der Waals surface area contributed by atoms with Crippen molar-refractivity contribution >= 4 is 18.0 Å². The number of benzene rings is 2. The molecular weight excluding hydrogens is 444 g/mol. The predicted octanol–water partition coefficient (Wildman–Crippen LogP) is 4.84. The Morgan fingerprint density at radius 1 is 0.971 bits per heavy atom. The van der Waals surface area contributed by atoms with Crippen LogP contribution in [0, 0.1) is 5.92 Å². The van der Waals surface area contributed by atoms with Crippen LogP contribution in [0.5, 0.6) is 0 Å². The molecule has 0 saturated heterocycles. The highest BCUT2D eigenvalue weighted by Crippen LogP contribution is 2.44. The molecule has 1 fully saturated rings. The molecule has 0 aliphatic heterocycles. The second kappa shape index (κ2) is 10.5. The second-order valence-electron chi connectivity index (χ2n) is 9.61. The van der Waals surface area contributed by atoms with Gasteiger partial charge in [0.1, 0.15) is 12.1 Å². The molecule has 0 spiro atoms. The van der Waals surface area contributed by atoms with Gasteiger partial charge in [-0.15, -0.1) is 0 Å². The number of carboxylic acids is 1. The van der Waals surface area contributed by atoms with E-state index in [1.807, 2.05) is 38.1 Å². The number of carbonyl (C=O) groups excluding carboxylic acids is 2. The highest BCUT2D eigenvalue weighted by molar-refractivity contribution is 5.90. The number of carboxylic acid groups (broad SMARTS) is 1. The molecule has 7 heteroatoms. The van der Waals surface area contributed by atoms with Gasteiger partial charge in [0.15, 0.2) is 0 Å². The number of carbonyl (C=O) groups is 3. The summed E-state index contributed by atoms with van der Waals surface area (Å²) >= 11 is 0. The summed E-state index contributed by atoms with van der Waals surface area (Å²) in [6.45, 7) is 3.88. The predicted molar refractivity (Wildman–Crippen MR) is 133 cm³/mol. The van der Waals surface area contributed by atoms with Crippen LogP contribution in [0.3, 0.4) is 0 Å². The number of aliphatic carboxylic acids is 1. The van der Waals surface area contributed by atoms with Gasteiger partial charge in [0, 0.05) is 12.0 Å². The van der Waals surface area contributed by atoms with Gasteiger partial charge < -0.3 is 20.5 Å². The minimum atomic E-state index is -1.11. The monoisotopic (exact) mass is 478 g/mol. The summed E-state index contributed by atoms with van der Waals surface area (Å²) in [6, 6.07) is 16.1. The van der Waals surface area contributed by atoms with E-state index in [1.54, 1.807) is 0 Å². The van der Waals surface area contributed by atoms with Crippen LogP contribution in [0.2, 0.25) is 0 Å². The van der Waals surface area contributed by atoms with Gasteiger partial charge in [-0.3, -0.25) is 9.59 Å². The lowest BCUT2D eigenvalue weighted by atomic mass is 9.84.